The van der Waals surface area contributed by atoms with E-state index in [1.54, 1.807) is 21.4 Å². The number of aromatic nitrogens is 1. The SMILES string of the molecule is CC(=O)N(c1nc(COC(=O)CC2c3ccccc3C=CN2C(C)=O)cs1)c1cccc(C)c1C. The van der Waals surface area contributed by atoms with Crippen LogP contribution in [0.2, 0.25) is 0 Å². The highest BCUT2D eigenvalue weighted by Gasteiger charge is 2.29. The molecule has 0 radical (unpaired) electrons. The third kappa shape index (κ3) is 5.17. The number of esters is 1. The van der Waals surface area contributed by atoms with Gasteiger partial charge in [0.2, 0.25) is 11.8 Å². The first-order valence-electron chi connectivity index (χ1n) is 11.3. The average Bonchev–Trinajstić information content (AvgIpc) is 3.29. The van der Waals surface area contributed by atoms with Crippen molar-refractivity contribution in [1.29, 1.82) is 0 Å². The number of aryl methyl sites for hydroxylation is 1. The monoisotopic (exact) mass is 489 g/mol. The molecule has 1 aliphatic heterocycles. The van der Waals surface area contributed by atoms with Gasteiger partial charge in [0.25, 0.3) is 0 Å². The van der Waals surface area contributed by atoms with Crippen molar-refractivity contribution >= 4 is 46.0 Å². The fourth-order valence-electron chi connectivity index (χ4n) is 4.13. The van der Waals surface area contributed by atoms with Gasteiger partial charge in [0.1, 0.15) is 6.61 Å². The molecule has 4 rings (SSSR count). The Morgan fingerprint density at radius 3 is 2.60 bits per heavy atom. The summed E-state index contributed by atoms with van der Waals surface area (Å²) in [6.07, 6.45) is 3.60. The quantitative estimate of drug-likeness (QED) is 0.430. The zero-order valence-corrected chi connectivity index (χ0v) is 21.0. The van der Waals surface area contributed by atoms with Gasteiger partial charge in [0.05, 0.1) is 23.8 Å². The van der Waals surface area contributed by atoms with Crippen LogP contribution >= 0.6 is 11.3 Å². The highest BCUT2D eigenvalue weighted by molar-refractivity contribution is 7.14. The van der Waals surface area contributed by atoms with Crippen molar-refractivity contribution in [3.8, 4) is 0 Å². The van der Waals surface area contributed by atoms with E-state index in [-0.39, 0.29) is 24.8 Å². The zero-order valence-electron chi connectivity index (χ0n) is 20.1. The van der Waals surface area contributed by atoms with Crippen molar-refractivity contribution in [2.75, 3.05) is 4.90 Å². The Hall–Kier alpha value is -3.78. The number of rotatable bonds is 6. The number of ether oxygens (including phenoxy) is 1. The maximum Gasteiger partial charge on any atom is 0.308 e. The largest absolute Gasteiger partial charge is 0.459 e. The van der Waals surface area contributed by atoms with Gasteiger partial charge >= 0.3 is 5.97 Å². The van der Waals surface area contributed by atoms with Crippen molar-refractivity contribution in [2.24, 2.45) is 0 Å². The molecule has 35 heavy (non-hydrogen) atoms. The van der Waals surface area contributed by atoms with Gasteiger partial charge in [-0.15, -0.1) is 11.3 Å². The molecule has 8 heteroatoms. The summed E-state index contributed by atoms with van der Waals surface area (Å²) in [6, 6.07) is 13.1. The zero-order chi connectivity index (χ0) is 25.1. The van der Waals surface area contributed by atoms with Crippen LogP contribution < -0.4 is 4.90 Å². The standard InChI is InChI=1S/C27H27N3O4S/c1-17-8-7-11-24(18(17)2)30(20(4)32)27-28-22(16-35-27)15-34-26(33)14-25-23-10-6-5-9-21(23)12-13-29(25)19(3)31/h5-13,16,25H,14-15H2,1-4H3. The molecule has 0 aliphatic carbocycles. The number of fused-ring (bicyclic) bond motifs is 1. The highest BCUT2D eigenvalue weighted by Crippen LogP contribution is 2.34. The number of hydrogen-bond donors (Lipinski definition) is 0. The fourth-order valence-corrected chi connectivity index (χ4v) is 5.00. The van der Waals surface area contributed by atoms with E-state index in [9.17, 15) is 14.4 Å². The van der Waals surface area contributed by atoms with E-state index in [0.29, 0.717) is 10.8 Å². The molecule has 0 fully saturated rings. The summed E-state index contributed by atoms with van der Waals surface area (Å²) in [4.78, 5) is 45.0. The molecule has 2 amide bonds. The van der Waals surface area contributed by atoms with Crippen molar-refractivity contribution in [1.82, 2.24) is 9.88 Å². The summed E-state index contributed by atoms with van der Waals surface area (Å²) in [5.41, 5.74) is 5.30. The van der Waals surface area contributed by atoms with E-state index < -0.39 is 12.0 Å². The lowest BCUT2D eigenvalue weighted by atomic mass is 9.94. The number of nitrogens with zero attached hydrogens (tertiary/aromatic N) is 3. The molecule has 1 unspecified atom stereocenters. The number of carbonyl (C=O) groups excluding carboxylic acids is 3. The van der Waals surface area contributed by atoms with Gasteiger partial charge in [0.15, 0.2) is 5.13 Å². The maximum absolute atomic E-state index is 12.7. The van der Waals surface area contributed by atoms with E-state index in [0.717, 1.165) is 27.9 Å². The van der Waals surface area contributed by atoms with Crippen molar-refractivity contribution in [2.45, 2.75) is 46.8 Å². The van der Waals surface area contributed by atoms with Crippen LogP contribution in [0.1, 0.15) is 54.3 Å². The first-order chi connectivity index (χ1) is 16.8. The molecule has 0 spiro atoms. The van der Waals surface area contributed by atoms with E-state index in [2.05, 4.69) is 4.98 Å². The smallest absolute Gasteiger partial charge is 0.308 e. The Morgan fingerprint density at radius 2 is 1.86 bits per heavy atom. The second kappa shape index (κ2) is 10.2. The van der Waals surface area contributed by atoms with Gasteiger partial charge < -0.3 is 9.64 Å². The lowest BCUT2D eigenvalue weighted by molar-refractivity contribution is -0.147. The summed E-state index contributed by atoms with van der Waals surface area (Å²) in [5, 5.41) is 2.30. The predicted octanol–water partition coefficient (Wildman–Crippen LogP) is 5.45. The summed E-state index contributed by atoms with van der Waals surface area (Å²) in [5.74, 6) is -0.725. The third-order valence-corrected chi connectivity index (χ3v) is 6.95. The molecule has 0 N–H and O–H groups in total. The Bertz CT molecular complexity index is 1310. The second-order valence-corrected chi connectivity index (χ2v) is 9.28. The number of carbonyl (C=O) groups is 3. The molecule has 180 valence electrons. The fraction of sp³-hybridized carbons (Fsp3) is 0.259. The minimum Gasteiger partial charge on any atom is -0.459 e. The number of amides is 2. The van der Waals surface area contributed by atoms with Crippen LogP contribution in [0.25, 0.3) is 6.08 Å². The average molecular weight is 490 g/mol. The molecule has 1 aliphatic rings. The minimum atomic E-state index is -0.432. The minimum absolute atomic E-state index is 0.0157. The van der Waals surface area contributed by atoms with E-state index >= 15 is 0 Å². The Labute approximate surface area is 208 Å². The number of hydrogen-bond acceptors (Lipinski definition) is 6. The van der Waals surface area contributed by atoms with Crippen molar-refractivity contribution < 1.29 is 19.1 Å². The van der Waals surface area contributed by atoms with Gasteiger partial charge in [-0.25, -0.2) is 4.98 Å². The normalized spacial score (nSPS) is 14.4. The van der Waals surface area contributed by atoms with E-state index in [1.807, 2.05) is 62.4 Å². The lowest BCUT2D eigenvalue weighted by Crippen LogP contribution is -2.32. The predicted molar refractivity (Wildman–Crippen MR) is 136 cm³/mol. The molecule has 0 saturated carbocycles. The van der Waals surface area contributed by atoms with Gasteiger partial charge in [-0.05, 0) is 48.2 Å². The molecule has 1 aromatic heterocycles. The highest BCUT2D eigenvalue weighted by atomic mass is 32.1. The van der Waals surface area contributed by atoms with Gasteiger partial charge in [-0.2, -0.15) is 0 Å². The molecule has 0 saturated heterocycles. The Balaban J connectivity index is 1.46. The van der Waals surface area contributed by atoms with E-state index in [1.165, 1.54) is 25.2 Å². The maximum atomic E-state index is 12.7. The van der Waals surface area contributed by atoms with Crippen LogP contribution in [0.4, 0.5) is 10.8 Å². The van der Waals surface area contributed by atoms with Crippen LogP contribution in [0.3, 0.4) is 0 Å². The molecule has 3 aromatic rings. The molecule has 2 heterocycles. The topological polar surface area (TPSA) is 79.8 Å². The van der Waals surface area contributed by atoms with Crippen LogP contribution in [-0.4, -0.2) is 27.7 Å². The summed E-state index contributed by atoms with van der Waals surface area (Å²) < 4.78 is 5.52. The van der Waals surface area contributed by atoms with Crippen LogP contribution in [-0.2, 0) is 25.7 Å². The summed E-state index contributed by atoms with van der Waals surface area (Å²) >= 11 is 1.32. The number of anilines is 2. The number of benzene rings is 2. The first kappa shape index (κ1) is 24.3. The van der Waals surface area contributed by atoms with Gasteiger partial charge in [0, 0.05) is 25.4 Å². The summed E-state index contributed by atoms with van der Waals surface area (Å²) in [6.45, 7) is 6.93. The molecular formula is C27H27N3O4S. The second-order valence-electron chi connectivity index (χ2n) is 8.45. The first-order valence-corrected chi connectivity index (χ1v) is 12.2. The van der Waals surface area contributed by atoms with Crippen molar-refractivity contribution in [3.05, 3.63) is 82.0 Å². The van der Waals surface area contributed by atoms with Gasteiger partial charge in [-0.3, -0.25) is 19.3 Å². The molecule has 1 atom stereocenters. The number of thiazole rings is 1. The van der Waals surface area contributed by atoms with Crippen molar-refractivity contribution in [3.63, 3.8) is 0 Å². The third-order valence-electron chi connectivity index (χ3n) is 6.07. The van der Waals surface area contributed by atoms with Crippen LogP contribution in [0.5, 0.6) is 0 Å². The van der Waals surface area contributed by atoms with Gasteiger partial charge in [-0.1, -0.05) is 36.4 Å². The van der Waals surface area contributed by atoms with Crippen LogP contribution in [0, 0.1) is 13.8 Å². The summed E-state index contributed by atoms with van der Waals surface area (Å²) in [7, 11) is 0. The molecule has 2 aromatic carbocycles. The Morgan fingerprint density at radius 1 is 1.09 bits per heavy atom. The van der Waals surface area contributed by atoms with Crippen LogP contribution in [0.15, 0.2) is 54.0 Å². The van der Waals surface area contributed by atoms with E-state index in [4.69, 9.17) is 4.74 Å². The molecule has 0 bridgehead atoms. The Kier molecular flexibility index (Phi) is 7.12. The lowest BCUT2D eigenvalue weighted by Gasteiger charge is -2.32. The molecule has 7 nitrogen and oxygen atoms in total. The molecular weight excluding hydrogens is 462 g/mol.